The third-order valence-electron chi connectivity index (χ3n) is 14.1. The first-order chi connectivity index (χ1) is 34.0. The van der Waals surface area contributed by atoms with Gasteiger partial charge in [0, 0.05) is 12.8 Å². The molecular weight excluding hydrogens is 901 g/mol. The van der Waals surface area contributed by atoms with E-state index in [2.05, 4.69) is 13.8 Å². The standard InChI is InChI=1S/C55H104O15/c1-3-5-7-9-11-13-15-17-19-20-21-22-23-24-26-27-29-31-33-35-37-46(57)65-40-43(68-47(58)38-36-34-32-30-28-25-18-16-14-12-10-8-6-4-2)41-66-54-53(64)51(62)49(60)45(70-54)42-67-55-52(63)50(61)48(59)44(39-56)69-55/h43-45,48-56,59-64H,3-42H2,1-2H3/t43-,44+,45+,48-,49-,50?,51?,52?,53?,54+,55+/m0/s1. The van der Waals surface area contributed by atoms with E-state index in [1.807, 2.05) is 0 Å². The van der Waals surface area contributed by atoms with Crippen molar-refractivity contribution in [3.63, 3.8) is 0 Å². The Labute approximate surface area is 423 Å². The minimum absolute atomic E-state index is 0.173. The lowest BCUT2D eigenvalue weighted by molar-refractivity contribution is -0.332. The number of aliphatic hydroxyl groups excluding tert-OH is 7. The summed E-state index contributed by atoms with van der Waals surface area (Å²) in [6.07, 6.45) is 25.5. The van der Waals surface area contributed by atoms with Gasteiger partial charge in [-0.15, -0.1) is 0 Å². The van der Waals surface area contributed by atoms with E-state index in [1.165, 1.54) is 167 Å². The second-order valence-electron chi connectivity index (χ2n) is 20.5. The van der Waals surface area contributed by atoms with Gasteiger partial charge in [0.2, 0.25) is 0 Å². The molecule has 414 valence electrons. The molecule has 0 spiro atoms. The molecule has 2 saturated heterocycles. The molecule has 4 unspecified atom stereocenters. The highest BCUT2D eigenvalue weighted by Gasteiger charge is 2.47. The van der Waals surface area contributed by atoms with Gasteiger partial charge in [0.25, 0.3) is 0 Å². The molecule has 2 aliphatic rings. The van der Waals surface area contributed by atoms with E-state index in [0.717, 1.165) is 38.5 Å². The number of esters is 2. The van der Waals surface area contributed by atoms with Crippen LogP contribution < -0.4 is 0 Å². The molecule has 15 nitrogen and oxygen atoms in total. The molecule has 15 heteroatoms. The maximum absolute atomic E-state index is 13.0. The summed E-state index contributed by atoms with van der Waals surface area (Å²) in [5, 5.41) is 72.2. The predicted octanol–water partition coefficient (Wildman–Crippen LogP) is 9.17. The van der Waals surface area contributed by atoms with Gasteiger partial charge < -0.3 is 64.2 Å². The number of carbonyl (C=O) groups excluding carboxylic acids is 2. The average molecular weight is 1010 g/mol. The van der Waals surface area contributed by atoms with Crippen LogP contribution in [-0.2, 0) is 38.0 Å². The van der Waals surface area contributed by atoms with Gasteiger partial charge in [-0.1, -0.05) is 219 Å². The van der Waals surface area contributed by atoms with Gasteiger partial charge in [-0.05, 0) is 12.8 Å². The molecule has 0 aromatic rings. The zero-order valence-corrected chi connectivity index (χ0v) is 44.0. The summed E-state index contributed by atoms with van der Waals surface area (Å²) >= 11 is 0. The van der Waals surface area contributed by atoms with Crippen LogP contribution in [0, 0.1) is 0 Å². The zero-order chi connectivity index (χ0) is 51.0. The first kappa shape index (κ1) is 64.6. The molecule has 0 radical (unpaired) electrons. The molecular formula is C55H104O15. The SMILES string of the molecule is CCCCCCCCCCCCCCCCCCCCCCC(=O)OC[C@@H](CO[C@@H]1O[C@H](CO[C@@H]2O[C@H](CO)[C@H](O)C(O)C2O)[C@H](O)C(O)C1O)OC(=O)CCCCCCCCCCCCCCCC. The molecule has 2 heterocycles. The number of unbranched alkanes of at least 4 members (excludes halogenated alkanes) is 32. The number of rotatable bonds is 46. The van der Waals surface area contributed by atoms with Crippen molar-refractivity contribution in [2.45, 2.75) is 313 Å². The van der Waals surface area contributed by atoms with Crippen LogP contribution >= 0.6 is 0 Å². The number of carbonyl (C=O) groups is 2. The Bertz CT molecular complexity index is 1230. The minimum Gasteiger partial charge on any atom is -0.462 e. The van der Waals surface area contributed by atoms with Crippen molar-refractivity contribution in [3.05, 3.63) is 0 Å². The van der Waals surface area contributed by atoms with Crippen LogP contribution in [0.1, 0.15) is 245 Å². The molecule has 2 fully saturated rings. The Balaban J connectivity index is 1.74. The van der Waals surface area contributed by atoms with Gasteiger partial charge in [0.1, 0.15) is 55.4 Å². The lowest BCUT2D eigenvalue weighted by atomic mass is 9.98. The highest BCUT2D eigenvalue weighted by Crippen LogP contribution is 2.27. The van der Waals surface area contributed by atoms with Crippen LogP contribution in [-0.4, -0.2) is 142 Å². The quantitative estimate of drug-likeness (QED) is 0.0223. The van der Waals surface area contributed by atoms with Gasteiger partial charge >= 0.3 is 11.9 Å². The van der Waals surface area contributed by atoms with Gasteiger partial charge in [-0.25, -0.2) is 0 Å². The molecule has 2 rings (SSSR count). The van der Waals surface area contributed by atoms with E-state index < -0.39 is 92.7 Å². The second kappa shape index (κ2) is 42.8. The first-order valence-electron chi connectivity index (χ1n) is 28.6. The van der Waals surface area contributed by atoms with E-state index in [0.29, 0.717) is 12.8 Å². The molecule has 0 aromatic carbocycles. The molecule has 0 aromatic heterocycles. The fraction of sp³-hybridized carbons (Fsp3) is 0.964. The van der Waals surface area contributed by atoms with Crippen molar-refractivity contribution in [1.82, 2.24) is 0 Å². The van der Waals surface area contributed by atoms with Crippen LogP contribution in [0.2, 0.25) is 0 Å². The van der Waals surface area contributed by atoms with Gasteiger partial charge in [0.15, 0.2) is 18.7 Å². The summed E-state index contributed by atoms with van der Waals surface area (Å²) in [5.41, 5.74) is 0. The summed E-state index contributed by atoms with van der Waals surface area (Å²) < 4.78 is 33.7. The van der Waals surface area contributed by atoms with Crippen LogP contribution in [0.3, 0.4) is 0 Å². The fourth-order valence-electron chi connectivity index (χ4n) is 9.40. The molecule has 70 heavy (non-hydrogen) atoms. The Morgan fingerprint density at radius 2 is 0.729 bits per heavy atom. The lowest BCUT2D eigenvalue weighted by Crippen LogP contribution is -2.61. The van der Waals surface area contributed by atoms with E-state index in [4.69, 9.17) is 28.4 Å². The average Bonchev–Trinajstić information content (AvgIpc) is 3.35. The lowest BCUT2D eigenvalue weighted by Gasteiger charge is -2.42. The molecule has 0 bridgehead atoms. The smallest absolute Gasteiger partial charge is 0.306 e. The van der Waals surface area contributed by atoms with E-state index in [1.54, 1.807) is 0 Å². The Morgan fingerprint density at radius 1 is 0.400 bits per heavy atom. The molecule has 2 aliphatic heterocycles. The summed E-state index contributed by atoms with van der Waals surface area (Å²) in [6, 6.07) is 0. The van der Waals surface area contributed by atoms with Gasteiger partial charge in [-0.3, -0.25) is 9.59 Å². The minimum atomic E-state index is -1.76. The van der Waals surface area contributed by atoms with Gasteiger partial charge in [-0.2, -0.15) is 0 Å². The number of aliphatic hydroxyl groups is 7. The second-order valence-corrected chi connectivity index (χ2v) is 20.5. The number of hydrogen-bond donors (Lipinski definition) is 7. The molecule has 0 amide bonds. The van der Waals surface area contributed by atoms with E-state index >= 15 is 0 Å². The highest BCUT2D eigenvalue weighted by atomic mass is 16.7. The van der Waals surface area contributed by atoms with E-state index in [-0.39, 0.29) is 26.1 Å². The van der Waals surface area contributed by atoms with Crippen molar-refractivity contribution < 1.29 is 73.8 Å². The Hall–Kier alpha value is -1.50. The largest absolute Gasteiger partial charge is 0.462 e. The topological polar surface area (TPSA) is 231 Å². The number of ether oxygens (including phenoxy) is 6. The molecule has 7 N–H and O–H groups in total. The first-order valence-corrected chi connectivity index (χ1v) is 28.6. The van der Waals surface area contributed by atoms with Crippen LogP contribution in [0.5, 0.6) is 0 Å². The van der Waals surface area contributed by atoms with Gasteiger partial charge in [0.05, 0.1) is 19.8 Å². The summed E-state index contributed by atoms with van der Waals surface area (Å²) in [7, 11) is 0. The summed E-state index contributed by atoms with van der Waals surface area (Å²) in [6.45, 7) is 2.65. The van der Waals surface area contributed by atoms with Crippen molar-refractivity contribution in [1.29, 1.82) is 0 Å². The Kier molecular flexibility index (Phi) is 39.5. The highest BCUT2D eigenvalue weighted by molar-refractivity contribution is 5.70. The fourth-order valence-corrected chi connectivity index (χ4v) is 9.40. The maximum atomic E-state index is 13.0. The molecule has 11 atom stereocenters. The van der Waals surface area contributed by atoms with Crippen molar-refractivity contribution in [2.75, 3.05) is 26.4 Å². The Morgan fingerprint density at radius 3 is 1.11 bits per heavy atom. The third kappa shape index (κ3) is 30.0. The third-order valence-corrected chi connectivity index (χ3v) is 14.1. The van der Waals surface area contributed by atoms with E-state index in [9.17, 15) is 45.3 Å². The normalized spacial score (nSPS) is 25.3. The monoisotopic (exact) mass is 1000 g/mol. The van der Waals surface area contributed by atoms with Crippen LogP contribution in [0.25, 0.3) is 0 Å². The molecule has 0 saturated carbocycles. The summed E-state index contributed by atoms with van der Waals surface area (Å²) in [5.74, 6) is -0.905. The van der Waals surface area contributed by atoms with Crippen molar-refractivity contribution >= 4 is 11.9 Å². The maximum Gasteiger partial charge on any atom is 0.306 e. The van der Waals surface area contributed by atoms with Crippen LogP contribution in [0.4, 0.5) is 0 Å². The number of hydrogen-bond acceptors (Lipinski definition) is 15. The molecule has 0 aliphatic carbocycles. The predicted molar refractivity (Wildman–Crippen MR) is 271 cm³/mol. The van der Waals surface area contributed by atoms with Crippen molar-refractivity contribution in [3.8, 4) is 0 Å². The van der Waals surface area contributed by atoms with Crippen molar-refractivity contribution in [2.24, 2.45) is 0 Å². The summed E-state index contributed by atoms with van der Waals surface area (Å²) in [4.78, 5) is 25.8. The van der Waals surface area contributed by atoms with Crippen LogP contribution in [0.15, 0.2) is 0 Å². The zero-order valence-electron chi connectivity index (χ0n) is 44.0.